The van der Waals surface area contributed by atoms with Crippen molar-refractivity contribution in [3.63, 3.8) is 0 Å². The van der Waals surface area contributed by atoms with Gasteiger partial charge >= 0.3 is 11.9 Å². The third kappa shape index (κ3) is 3.91. The van der Waals surface area contributed by atoms with E-state index in [9.17, 15) is 14.4 Å². The molecule has 2 atom stereocenters. The summed E-state index contributed by atoms with van der Waals surface area (Å²) >= 11 is 0. The molecular weight excluding hydrogens is 358 g/mol. The fourth-order valence-electron chi connectivity index (χ4n) is 3.20. The minimum absolute atomic E-state index is 0.207. The van der Waals surface area contributed by atoms with Crippen LogP contribution in [0.15, 0.2) is 48.5 Å². The maximum atomic E-state index is 12.5. The summed E-state index contributed by atoms with van der Waals surface area (Å²) in [6.45, 7) is 1.55. The summed E-state index contributed by atoms with van der Waals surface area (Å²) in [4.78, 5) is 36.8. The highest BCUT2D eigenvalue weighted by atomic mass is 16.6. The van der Waals surface area contributed by atoms with E-state index < -0.39 is 24.1 Å². The van der Waals surface area contributed by atoms with Gasteiger partial charge in [0.1, 0.15) is 6.10 Å². The number of fused-ring (bicyclic) bond motifs is 1. The van der Waals surface area contributed by atoms with Crippen molar-refractivity contribution in [3.8, 4) is 0 Å². The minimum Gasteiger partial charge on any atom is -0.454 e. The van der Waals surface area contributed by atoms with Crippen LogP contribution in [-0.2, 0) is 20.7 Å². The molecule has 0 bridgehead atoms. The molecule has 2 aromatic rings. The Bertz CT molecular complexity index is 920. The van der Waals surface area contributed by atoms with Crippen molar-refractivity contribution in [2.45, 2.75) is 44.4 Å². The van der Waals surface area contributed by atoms with Crippen molar-refractivity contribution in [1.29, 1.82) is 0 Å². The highest BCUT2D eigenvalue weighted by Crippen LogP contribution is 2.31. The Kier molecular flexibility index (Phi) is 4.86. The molecule has 1 aliphatic carbocycles. The van der Waals surface area contributed by atoms with E-state index in [1.54, 1.807) is 19.1 Å². The number of hydrogen-bond donors (Lipinski definition) is 1. The number of esters is 2. The quantitative estimate of drug-likeness (QED) is 0.808. The summed E-state index contributed by atoms with van der Waals surface area (Å²) in [6.07, 6.45) is 1.15. The number of amides is 1. The SMILES string of the molecule is C[C@H](OC(=O)c1ccc2c(c1)C[C@@H](c1ccccc1)OC2=O)C(=O)NC1CC1. The van der Waals surface area contributed by atoms with E-state index in [1.807, 2.05) is 30.3 Å². The summed E-state index contributed by atoms with van der Waals surface area (Å²) in [6, 6.07) is 14.4. The van der Waals surface area contributed by atoms with Crippen LogP contribution in [0.1, 0.15) is 57.7 Å². The van der Waals surface area contributed by atoms with Gasteiger partial charge in [0.05, 0.1) is 11.1 Å². The van der Waals surface area contributed by atoms with Gasteiger partial charge in [-0.3, -0.25) is 4.79 Å². The van der Waals surface area contributed by atoms with E-state index in [0.29, 0.717) is 17.5 Å². The van der Waals surface area contributed by atoms with E-state index in [4.69, 9.17) is 9.47 Å². The smallest absolute Gasteiger partial charge is 0.339 e. The fourth-order valence-corrected chi connectivity index (χ4v) is 3.20. The van der Waals surface area contributed by atoms with E-state index in [-0.39, 0.29) is 11.9 Å². The van der Waals surface area contributed by atoms with E-state index in [1.165, 1.54) is 6.07 Å². The third-order valence-corrected chi connectivity index (χ3v) is 4.96. The van der Waals surface area contributed by atoms with Gasteiger partial charge in [-0.15, -0.1) is 0 Å². The van der Waals surface area contributed by atoms with Crippen molar-refractivity contribution in [2.24, 2.45) is 0 Å². The minimum atomic E-state index is -0.869. The Labute approximate surface area is 162 Å². The molecule has 6 heteroatoms. The second-order valence-corrected chi connectivity index (χ2v) is 7.21. The molecule has 1 N–H and O–H groups in total. The van der Waals surface area contributed by atoms with Crippen molar-refractivity contribution in [1.82, 2.24) is 5.32 Å². The zero-order chi connectivity index (χ0) is 19.7. The monoisotopic (exact) mass is 379 g/mol. The predicted octanol–water partition coefficient (Wildman–Crippen LogP) is 2.96. The Morgan fingerprint density at radius 1 is 1.14 bits per heavy atom. The first-order valence-corrected chi connectivity index (χ1v) is 9.41. The Hall–Kier alpha value is -3.15. The molecule has 2 aromatic carbocycles. The maximum Gasteiger partial charge on any atom is 0.339 e. The lowest BCUT2D eigenvalue weighted by molar-refractivity contribution is -0.129. The molecule has 2 aliphatic rings. The van der Waals surface area contributed by atoms with Crippen LogP contribution in [-0.4, -0.2) is 30.0 Å². The molecule has 1 aliphatic heterocycles. The Balaban J connectivity index is 1.49. The predicted molar refractivity (Wildman–Crippen MR) is 101 cm³/mol. The summed E-state index contributed by atoms with van der Waals surface area (Å²) in [5.41, 5.74) is 2.39. The van der Waals surface area contributed by atoms with Crippen molar-refractivity contribution in [2.75, 3.05) is 0 Å². The number of nitrogens with one attached hydrogen (secondary N) is 1. The van der Waals surface area contributed by atoms with Crippen molar-refractivity contribution >= 4 is 17.8 Å². The Morgan fingerprint density at radius 2 is 1.89 bits per heavy atom. The fraction of sp³-hybridized carbons (Fsp3) is 0.318. The highest BCUT2D eigenvalue weighted by molar-refractivity contribution is 5.96. The largest absolute Gasteiger partial charge is 0.454 e. The van der Waals surface area contributed by atoms with Gasteiger partial charge in [0.2, 0.25) is 0 Å². The van der Waals surface area contributed by atoms with E-state index in [0.717, 1.165) is 24.0 Å². The van der Waals surface area contributed by atoms with Crippen LogP contribution in [0.3, 0.4) is 0 Å². The van der Waals surface area contributed by atoms with E-state index >= 15 is 0 Å². The molecule has 1 fully saturated rings. The van der Waals surface area contributed by atoms with Gasteiger partial charge in [-0.1, -0.05) is 30.3 Å². The van der Waals surface area contributed by atoms with Crippen LogP contribution in [0.5, 0.6) is 0 Å². The van der Waals surface area contributed by atoms with Gasteiger partial charge in [-0.2, -0.15) is 0 Å². The first-order chi connectivity index (χ1) is 13.5. The number of cyclic esters (lactones) is 1. The van der Waals surface area contributed by atoms with E-state index in [2.05, 4.69) is 5.32 Å². The standard InChI is InChI=1S/C22H21NO5/c1-13(20(24)23-17-8-9-17)27-21(25)15-7-10-18-16(11-15)12-19(28-22(18)26)14-5-3-2-4-6-14/h2-7,10-11,13,17,19H,8-9,12H2,1H3,(H,23,24)/t13-,19-/m0/s1. The lowest BCUT2D eigenvalue weighted by Crippen LogP contribution is -2.37. The zero-order valence-corrected chi connectivity index (χ0v) is 15.5. The lowest BCUT2D eigenvalue weighted by Gasteiger charge is -2.25. The molecular formula is C22H21NO5. The van der Waals surface area contributed by atoms with Gasteiger partial charge in [0.25, 0.3) is 5.91 Å². The van der Waals surface area contributed by atoms with Crippen molar-refractivity contribution < 1.29 is 23.9 Å². The first kappa shape index (κ1) is 18.2. The highest BCUT2D eigenvalue weighted by Gasteiger charge is 2.30. The average Bonchev–Trinajstić information content (AvgIpc) is 3.52. The summed E-state index contributed by atoms with van der Waals surface area (Å²) in [7, 11) is 0. The number of benzene rings is 2. The number of carbonyl (C=O) groups excluding carboxylic acids is 3. The molecule has 1 heterocycles. The topological polar surface area (TPSA) is 81.7 Å². The first-order valence-electron chi connectivity index (χ1n) is 9.41. The lowest BCUT2D eigenvalue weighted by atomic mass is 9.93. The zero-order valence-electron chi connectivity index (χ0n) is 15.5. The van der Waals surface area contributed by atoms with Gasteiger partial charge < -0.3 is 14.8 Å². The summed E-state index contributed by atoms with van der Waals surface area (Å²) < 4.78 is 10.8. The molecule has 0 unspecified atom stereocenters. The number of hydrogen-bond acceptors (Lipinski definition) is 5. The van der Waals surface area contributed by atoms with Crippen LogP contribution < -0.4 is 5.32 Å². The number of carbonyl (C=O) groups is 3. The number of rotatable bonds is 5. The molecule has 0 saturated heterocycles. The normalized spacial score (nSPS) is 19.2. The molecule has 4 rings (SSSR count). The molecule has 1 amide bonds. The Morgan fingerprint density at radius 3 is 2.61 bits per heavy atom. The summed E-state index contributed by atoms with van der Waals surface area (Å²) in [5.74, 6) is -1.29. The maximum absolute atomic E-state index is 12.5. The number of ether oxygens (including phenoxy) is 2. The van der Waals surface area contributed by atoms with Gasteiger partial charge in [0.15, 0.2) is 6.10 Å². The van der Waals surface area contributed by atoms with Gasteiger partial charge in [-0.25, -0.2) is 9.59 Å². The van der Waals surface area contributed by atoms with Crippen molar-refractivity contribution in [3.05, 3.63) is 70.8 Å². The average molecular weight is 379 g/mol. The second kappa shape index (κ2) is 7.46. The van der Waals surface area contributed by atoms with Gasteiger partial charge in [-0.05, 0) is 49.1 Å². The molecule has 6 nitrogen and oxygen atoms in total. The van der Waals surface area contributed by atoms with Crippen LogP contribution in [0.25, 0.3) is 0 Å². The molecule has 0 radical (unpaired) electrons. The molecule has 0 spiro atoms. The molecule has 1 saturated carbocycles. The van der Waals surface area contributed by atoms with Crippen LogP contribution in [0, 0.1) is 0 Å². The third-order valence-electron chi connectivity index (χ3n) is 4.96. The van der Waals surface area contributed by atoms with Crippen LogP contribution in [0.2, 0.25) is 0 Å². The van der Waals surface area contributed by atoms with Crippen LogP contribution >= 0.6 is 0 Å². The molecule has 0 aromatic heterocycles. The molecule has 144 valence electrons. The van der Waals surface area contributed by atoms with Gasteiger partial charge in [0, 0.05) is 12.5 Å². The molecule has 28 heavy (non-hydrogen) atoms. The summed E-state index contributed by atoms with van der Waals surface area (Å²) in [5, 5.41) is 2.81. The van der Waals surface area contributed by atoms with Crippen LogP contribution in [0.4, 0.5) is 0 Å². The second-order valence-electron chi connectivity index (χ2n) is 7.21.